The number of fused-ring (bicyclic) bond motifs is 2. The molecule has 2 aliphatic heterocycles. The molecule has 2 aliphatic rings. The van der Waals surface area contributed by atoms with Gasteiger partial charge >= 0.3 is 12.2 Å². The summed E-state index contributed by atoms with van der Waals surface area (Å²) in [5, 5.41) is 0. The number of amides is 3. The second kappa shape index (κ2) is 3.72. The lowest BCUT2D eigenvalue weighted by Gasteiger charge is -2.25. The molecule has 0 aliphatic carbocycles. The van der Waals surface area contributed by atoms with E-state index in [0.717, 1.165) is 4.90 Å². The Kier molecular flexibility index (Phi) is 2.35. The number of hydrogen-bond donors (Lipinski definition) is 1. The van der Waals surface area contributed by atoms with Crippen LogP contribution in [0.4, 0.5) is 18.0 Å². The Morgan fingerprint density at radius 2 is 2.16 bits per heavy atom. The first-order chi connectivity index (χ1) is 8.87. The topological polar surface area (TPSA) is 69.3 Å². The maximum absolute atomic E-state index is 12.4. The van der Waals surface area contributed by atoms with Gasteiger partial charge in [-0.25, -0.2) is 9.78 Å². The van der Waals surface area contributed by atoms with Crippen LogP contribution >= 0.6 is 0 Å². The van der Waals surface area contributed by atoms with Crippen molar-refractivity contribution in [3.05, 3.63) is 17.7 Å². The van der Waals surface area contributed by atoms with Gasteiger partial charge < -0.3 is 9.88 Å². The fraction of sp³-hybridized carbons (Fsp3) is 0.500. The third-order valence-electron chi connectivity index (χ3n) is 3.26. The van der Waals surface area contributed by atoms with Crippen LogP contribution in [0.15, 0.2) is 6.33 Å². The lowest BCUT2D eigenvalue weighted by molar-refractivity contribution is -0.153. The number of carbonyl (C=O) groups is 2. The Morgan fingerprint density at radius 3 is 2.84 bits per heavy atom. The van der Waals surface area contributed by atoms with Crippen LogP contribution < -0.4 is 0 Å². The lowest BCUT2D eigenvalue weighted by Crippen LogP contribution is -2.40. The molecule has 3 amide bonds. The van der Waals surface area contributed by atoms with E-state index in [-0.39, 0.29) is 17.9 Å². The maximum atomic E-state index is 12.4. The zero-order valence-corrected chi connectivity index (χ0v) is 9.57. The van der Waals surface area contributed by atoms with Gasteiger partial charge in [0.2, 0.25) is 0 Å². The molecule has 102 valence electrons. The van der Waals surface area contributed by atoms with E-state index in [1.165, 1.54) is 6.33 Å². The van der Waals surface area contributed by atoms with Crippen LogP contribution in [-0.4, -0.2) is 50.5 Å². The molecule has 19 heavy (non-hydrogen) atoms. The Balaban J connectivity index is 1.87. The Labute approximate surface area is 105 Å². The van der Waals surface area contributed by atoms with Gasteiger partial charge in [-0.15, -0.1) is 0 Å². The molecule has 3 rings (SSSR count). The first kappa shape index (κ1) is 12.0. The summed E-state index contributed by atoms with van der Waals surface area (Å²) in [7, 11) is 0. The molecular formula is C10H9F3N4O2. The van der Waals surface area contributed by atoms with Crippen molar-refractivity contribution >= 4 is 11.9 Å². The molecule has 1 saturated heterocycles. The van der Waals surface area contributed by atoms with E-state index in [2.05, 4.69) is 9.97 Å². The summed E-state index contributed by atoms with van der Waals surface area (Å²) in [6, 6.07) is -1.77. The van der Waals surface area contributed by atoms with Crippen LogP contribution in [-0.2, 0) is 17.8 Å². The molecular weight excluding hydrogens is 265 g/mol. The SMILES string of the molecule is O=C1C2Cc3nc[nH]c3CN2C(=O)N1CC(F)(F)F. The second-order valence-corrected chi connectivity index (χ2v) is 4.50. The lowest BCUT2D eigenvalue weighted by atomic mass is 10.0. The molecule has 1 atom stereocenters. The summed E-state index contributed by atoms with van der Waals surface area (Å²) in [6.07, 6.45) is -3.00. The number of carbonyl (C=O) groups excluding carboxylic acids is 2. The van der Waals surface area contributed by atoms with Gasteiger partial charge in [0.1, 0.15) is 12.6 Å². The van der Waals surface area contributed by atoms with Gasteiger partial charge in [-0.1, -0.05) is 0 Å². The minimum absolute atomic E-state index is 0.0823. The van der Waals surface area contributed by atoms with Crippen LogP contribution in [0, 0.1) is 0 Å². The van der Waals surface area contributed by atoms with Crippen molar-refractivity contribution in [1.82, 2.24) is 19.8 Å². The average Bonchev–Trinajstić information content (AvgIpc) is 2.85. The number of H-pyrrole nitrogens is 1. The van der Waals surface area contributed by atoms with Crippen molar-refractivity contribution in [2.45, 2.75) is 25.2 Å². The highest BCUT2D eigenvalue weighted by Crippen LogP contribution is 2.30. The number of imidazole rings is 1. The van der Waals surface area contributed by atoms with Gasteiger partial charge in [0.15, 0.2) is 0 Å². The summed E-state index contributed by atoms with van der Waals surface area (Å²) in [6.45, 7) is -1.46. The molecule has 1 N–H and O–H groups in total. The smallest absolute Gasteiger partial charge is 0.347 e. The highest BCUT2D eigenvalue weighted by molar-refractivity contribution is 6.04. The zero-order valence-electron chi connectivity index (χ0n) is 9.57. The zero-order chi connectivity index (χ0) is 13.8. The molecule has 0 radical (unpaired) electrons. The molecule has 3 heterocycles. The molecule has 1 aromatic heterocycles. The van der Waals surface area contributed by atoms with Crippen molar-refractivity contribution in [1.29, 1.82) is 0 Å². The van der Waals surface area contributed by atoms with E-state index in [4.69, 9.17) is 0 Å². The number of urea groups is 1. The Morgan fingerprint density at radius 1 is 1.42 bits per heavy atom. The molecule has 6 nitrogen and oxygen atoms in total. The van der Waals surface area contributed by atoms with Gasteiger partial charge in [-0.2, -0.15) is 13.2 Å². The van der Waals surface area contributed by atoms with Gasteiger partial charge in [-0.05, 0) is 0 Å². The Bertz CT molecular complexity index is 515. The molecule has 1 fully saturated rings. The summed E-state index contributed by atoms with van der Waals surface area (Å²) in [5.74, 6) is -0.809. The third kappa shape index (κ3) is 1.85. The third-order valence-corrected chi connectivity index (χ3v) is 3.26. The standard InChI is InChI=1S/C10H9F3N4O2/c11-10(12,13)3-17-8(18)7-1-5-6(15-4-14-5)2-16(7)9(17)19/h4,7H,1-3H2,(H,14,15). The molecule has 0 bridgehead atoms. The van der Waals surface area contributed by atoms with Crippen molar-refractivity contribution < 1.29 is 22.8 Å². The van der Waals surface area contributed by atoms with Gasteiger partial charge in [0, 0.05) is 6.42 Å². The predicted octanol–water partition coefficient (Wildman–Crippen LogP) is 0.661. The number of hydrogen-bond acceptors (Lipinski definition) is 3. The van der Waals surface area contributed by atoms with Crippen LogP contribution in [0.2, 0.25) is 0 Å². The van der Waals surface area contributed by atoms with Gasteiger partial charge in [0.25, 0.3) is 5.91 Å². The maximum Gasteiger partial charge on any atom is 0.406 e. The van der Waals surface area contributed by atoms with E-state index >= 15 is 0 Å². The predicted molar refractivity (Wildman–Crippen MR) is 54.8 cm³/mol. The Hall–Kier alpha value is -2.06. The normalized spacial score (nSPS) is 22.8. The molecule has 9 heteroatoms. The van der Waals surface area contributed by atoms with Crippen molar-refractivity contribution in [2.75, 3.05) is 6.54 Å². The molecule has 0 aromatic carbocycles. The summed E-state index contributed by atoms with van der Waals surface area (Å²) < 4.78 is 37.1. The first-order valence-corrected chi connectivity index (χ1v) is 5.56. The summed E-state index contributed by atoms with van der Waals surface area (Å²) in [5.41, 5.74) is 1.28. The van der Waals surface area contributed by atoms with Crippen LogP contribution in [0.5, 0.6) is 0 Å². The first-order valence-electron chi connectivity index (χ1n) is 5.56. The number of nitrogens with zero attached hydrogens (tertiary/aromatic N) is 3. The van der Waals surface area contributed by atoms with Crippen molar-refractivity contribution in [2.24, 2.45) is 0 Å². The monoisotopic (exact) mass is 274 g/mol. The van der Waals surface area contributed by atoms with E-state index in [0.29, 0.717) is 11.4 Å². The van der Waals surface area contributed by atoms with Gasteiger partial charge in [0.05, 0.1) is 24.3 Å². The van der Waals surface area contributed by atoms with Crippen molar-refractivity contribution in [3.63, 3.8) is 0 Å². The summed E-state index contributed by atoms with van der Waals surface area (Å²) >= 11 is 0. The fourth-order valence-corrected chi connectivity index (χ4v) is 2.41. The minimum Gasteiger partial charge on any atom is -0.347 e. The highest BCUT2D eigenvalue weighted by Gasteiger charge is 2.50. The van der Waals surface area contributed by atoms with E-state index < -0.39 is 30.7 Å². The average molecular weight is 274 g/mol. The number of nitrogens with one attached hydrogen (secondary N) is 1. The van der Waals surface area contributed by atoms with E-state index in [1.807, 2.05) is 0 Å². The van der Waals surface area contributed by atoms with Crippen molar-refractivity contribution in [3.8, 4) is 0 Å². The van der Waals surface area contributed by atoms with Crippen LogP contribution in [0.1, 0.15) is 11.4 Å². The number of aromatic nitrogens is 2. The fourth-order valence-electron chi connectivity index (χ4n) is 2.41. The van der Waals surface area contributed by atoms with Crippen LogP contribution in [0.25, 0.3) is 0 Å². The quantitative estimate of drug-likeness (QED) is 0.765. The van der Waals surface area contributed by atoms with E-state index in [1.54, 1.807) is 0 Å². The largest absolute Gasteiger partial charge is 0.406 e. The second-order valence-electron chi connectivity index (χ2n) is 4.50. The number of rotatable bonds is 1. The molecule has 0 spiro atoms. The van der Waals surface area contributed by atoms with E-state index in [9.17, 15) is 22.8 Å². The summed E-state index contributed by atoms with van der Waals surface area (Å²) in [4.78, 5) is 32.0. The molecule has 1 unspecified atom stereocenters. The number of alkyl halides is 3. The minimum atomic E-state index is -4.59. The van der Waals surface area contributed by atoms with Crippen LogP contribution in [0.3, 0.4) is 0 Å². The number of aromatic amines is 1. The number of halogens is 3. The molecule has 0 saturated carbocycles. The number of imide groups is 1. The highest BCUT2D eigenvalue weighted by atomic mass is 19.4. The molecule has 1 aromatic rings. The van der Waals surface area contributed by atoms with Gasteiger partial charge in [-0.3, -0.25) is 9.69 Å².